The van der Waals surface area contributed by atoms with E-state index in [2.05, 4.69) is 5.32 Å². The molecule has 0 radical (unpaired) electrons. The van der Waals surface area contributed by atoms with Crippen molar-refractivity contribution in [2.45, 2.75) is 19.6 Å². The normalized spacial score (nSPS) is 12.8. The molecule has 0 saturated heterocycles. The van der Waals surface area contributed by atoms with Crippen molar-refractivity contribution in [1.82, 2.24) is 5.32 Å². The molecule has 0 heterocycles. The molecule has 84 valence electrons. The lowest BCUT2D eigenvalue weighted by Gasteiger charge is -2.12. The van der Waals surface area contributed by atoms with Crippen LogP contribution in [0.5, 0.6) is 0 Å². The number of rotatable bonds is 5. The van der Waals surface area contributed by atoms with E-state index in [0.717, 1.165) is 6.54 Å². The maximum absolute atomic E-state index is 13.4. The van der Waals surface area contributed by atoms with Gasteiger partial charge in [-0.25, -0.2) is 4.39 Å². The molecule has 1 aromatic rings. The minimum absolute atomic E-state index is 0.0494. The number of halogens is 2. The van der Waals surface area contributed by atoms with Crippen molar-refractivity contribution in [3.8, 4) is 0 Å². The van der Waals surface area contributed by atoms with Crippen LogP contribution in [0.1, 0.15) is 12.5 Å². The predicted molar refractivity (Wildman–Crippen MR) is 59.6 cm³/mol. The predicted octanol–water partition coefficient (Wildman–Crippen LogP) is 2.60. The summed E-state index contributed by atoms with van der Waals surface area (Å²) in [5, 5.41) is 3.12. The number of nitrogens with one attached hydrogen (secondary N) is 1. The van der Waals surface area contributed by atoms with E-state index in [1.807, 2.05) is 14.0 Å². The summed E-state index contributed by atoms with van der Waals surface area (Å²) < 4.78 is 18.9. The molecule has 0 aliphatic heterocycles. The molecular weight excluding hydrogens is 217 g/mol. The largest absolute Gasteiger partial charge is 0.372 e. The van der Waals surface area contributed by atoms with Crippen LogP contribution in [0.25, 0.3) is 0 Å². The standard InChI is InChI=1S/C11H15ClFNO/c1-8(6-14-2)15-7-9-4-3-5-10(12)11(9)13/h3-5,8,14H,6-7H2,1-2H3. The minimum Gasteiger partial charge on any atom is -0.372 e. The van der Waals surface area contributed by atoms with Gasteiger partial charge in [0.1, 0.15) is 5.82 Å². The highest BCUT2D eigenvalue weighted by molar-refractivity contribution is 6.30. The van der Waals surface area contributed by atoms with Gasteiger partial charge in [-0.3, -0.25) is 0 Å². The van der Waals surface area contributed by atoms with Gasteiger partial charge in [0.15, 0.2) is 0 Å². The minimum atomic E-state index is -0.393. The highest BCUT2D eigenvalue weighted by Crippen LogP contribution is 2.18. The smallest absolute Gasteiger partial charge is 0.147 e. The van der Waals surface area contributed by atoms with Gasteiger partial charge in [-0.1, -0.05) is 23.7 Å². The van der Waals surface area contributed by atoms with Crippen molar-refractivity contribution in [3.05, 3.63) is 34.6 Å². The fourth-order valence-corrected chi connectivity index (χ4v) is 1.43. The molecule has 1 unspecified atom stereocenters. The summed E-state index contributed by atoms with van der Waals surface area (Å²) in [6.45, 7) is 2.91. The van der Waals surface area contributed by atoms with Crippen LogP contribution in [0.4, 0.5) is 4.39 Å². The molecule has 1 aromatic carbocycles. The van der Waals surface area contributed by atoms with Crippen molar-refractivity contribution >= 4 is 11.6 Å². The first-order valence-corrected chi connectivity index (χ1v) is 5.22. The van der Waals surface area contributed by atoms with Gasteiger partial charge >= 0.3 is 0 Å². The highest BCUT2D eigenvalue weighted by atomic mass is 35.5. The lowest BCUT2D eigenvalue weighted by Crippen LogP contribution is -2.23. The van der Waals surface area contributed by atoms with E-state index in [1.165, 1.54) is 6.07 Å². The molecule has 1 N–H and O–H groups in total. The van der Waals surface area contributed by atoms with Crippen LogP contribution in [0.2, 0.25) is 5.02 Å². The molecule has 1 atom stereocenters. The molecule has 0 saturated carbocycles. The van der Waals surface area contributed by atoms with Crippen LogP contribution < -0.4 is 5.32 Å². The number of likely N-dealkylation sites (N-methyl/N-ethyl adjacent to an activating group) is 1. The number of hydrogen-bond acceptors (Lipinski definition) is 2. The van der Waals surface area contributed by atoms with Gasteiger partial charge in [0, 0.05) is 12.1 Å². The van der Waals surface area contributed by atoms with Crippen LogP contribution in [-0.2, 0) is 11.3 Å². The fourth-order valence-electron chi connectivity index (χ4n) is 1.24. The van der Waals surface area contributed by atoms with Crippen LogP contribution in [-0.4, -0.2) is 19.7 Å². The molecule has 0 aliphatic rings. The fraction of sp³-hybridized carbons (Fsp3) is 0.455. The van der Waals surface area contributed by atoms with Gasteiger partial charge in [-0.2, -0.15) is 0 Å². The number of benzene rings is 1. The summed E-state index contributed by atoms with van der Waals surface area (Å²) in [4.78, 5) is 0. The zero-order chi connectivity index (χ0) is 11.3. The highest BCUT2D eigenvalue weighted by Gasteiger charge is 2.07. The Morgan fingerprint density at radius 2 is 2.27 bits per heavy atom. The third kappa shape index (κ3) is 3.78. The monoisotopic (exact) mass is 231 g/mol. The molecule has 0 aromatic heterocycles. The van der Waals surface area contributed by atoms with Gasteiger partial charge in [0.25, 0.3) is 0 Å². The Morgan fingerprint density at radius 3 is 2.93 bits per heavy atom. The summed E-state index contributed by atoms with van der Waals surface area (Å²) in [5.74, 6) is -0.393. The molecule has 1 rings (SSSR count). The molecule has 0 spiro atoms. The van der Waals surface area contributed by atoms with Crippen molar-refractivity contribution in [3.63, 3.8) is 0 Å². The van der Waals surface area contributed by atoms with Crippen molar-refractivity contribution in [2.75, 3.05) is 13.6 Å². The lowest BCUT2D eigenvalue weighted by atomic mass is 10.2. The molecule has 0 amide bonds. The zero-order valence-corrected chi connectivity index (χ0v) is 9.64. The Balaban J connectivity index is 2.54. The first-order valence-electron chi connectivity index (χ1n) is 4.84. The molecule has 2 nitrogen and oxygen atoms in total. The first kappa shape index (κ1) is 12.4. The summed E-state index contributed by atoms with van der Waals surface area (Å²) in [6, 6.07) is 4.91. The van der Waals surface area contributed by atoms with E-state index in [4.69, 9.17) is 16.3 Å². The van der Waals surface area contributed by atoms with Gasteiger partial charge < -0.3 is 10.1 Å². The Kier molecular flexibility index (Phi) is 5.02. The second-order valence-corrected chi connectivity index (χ2v) is 3.80. The molecule has 0 bridgehead atoms. The Bertz CT molecular complexity index is 319. The Hall–Kier alpha value is -0.640. The SMILES string of the molecule is CNCC(C)OCc1cccc(Cl)c1F. The first-order chi connectivity index (χ1) is 7.15. The third-order valence-electron chi connectivity index (χ3n) is 2.05. The van der Waals surface area contributed by atoms with E-state index in [1.54, 1.807) is 12.1 Å². The molecule has 0 fully saturated rings. The van der Waals surface area contributed by atoms with Crippen molar-refractivity contribution in [1.29, 1.82) is 0 Å². The van der Waals surface area contributed by atoms with Gasteiger partial charge in [-0.05, 0) is 20.0 Å². The van der Waals surface area contributed by atoms with E-state index >= 15 is 0 Å². The zero-order valence-electron chi connectivity index (χ0n) is 8.89. The molecule has 4 heteroatoms. The average Bonchev–Trinajstić information content (AvgIpc) is 2.21. The summed E-state index contributed by atoms with van der Waals surface area (Å²) in [5.41, 5.74) is 0.491. The van der Waals surface area contributed by atoms with E-state index < -0.39 is 5.82 Å². The maximum atomic E-state index is 13.4. The number of ether oxygens (including phenoxy) is 1. The molecule has 15 heavy (non-hydrogen) atoms. The summed E-state index contributed by atoms with van der Waals surface area (Å²) >= 11 is 5.65. The van der Waals surface area contributed by atoms with Crippen LogP contribution in [0, 0.1) is 5.82 Å². The van der Waals surface area contributed by atoms with Gasteiger partial charge in [-0.15, -0.1) is 0 Å². The average molecular weight is 232 g/mol. The van der Waals surface area contributed by atoms with Crippen LogP contribution in [0.3, 0.4) is 0 Å². The van der Waals surface area contributed by atoms with Crippen LogP contribution >= 0.6 is 11.6 Å². The second kappa shape index (κ2) is 6.05. The maximum Gasteiger partial charge on any atom is 0.147 e. The molecular formula is C11H15ClFNO. The Labute approximate surface area is 94.4 Å². The third-order valence-corrected chi connectivity index (χ3v) is 2.34. The summed E-state index contributed by atoms with van der Waals surface area (Å²) in [6.07, 6.45) is 0.0494. The Morgan fingerprint density at radius 1 is 1.53 bits per heavy atom. The van der Waals surface area contributed by atoms with E-state index in [0.29, 0.717) is 5.56 Å². The number of hydrogen-bond donors (Lipinski definition) is 1. The molecule has 0 aliphatic carbocycles. The quantitative estimate of drug-likeness (QED) is 0.841. The van der Waals surface area contributed by atoms with E-state index in [9.17, 15) is 4.39 Å². The summed E-state index contributed by atoms with van der Waals surface area (Å²) in [7, 11) is 1.85. The van der Waals surface area contributed by atoms with Crippen molar-refractivity contribution in [2.24, 2.45) is 0 Å². The van der Waals surface area contributed by atoms with Crippen molar-refractivity contribution < 1.29 is 9.13 Å². The van der Waals surface area contributed by atoms with Crippen LogP contribution in [0.15, 0.2) is 18.2 Å². The van der Waals surface area contributed by atoms with E-state index in [-0.39, 0.29) is 17.7 Å². The topological polar surface area (TPSA) is 21.3 Å². The van der Waals surface area contributed by atoms with Gasteiger partial charge in [0.05, 0.1) is 17.7 Å². The van der Waals surface area contributed by atoms with Gasteiger partial charge in [0.2, 0.25) is 0 Å². The second-order valence-electron chi connectivity index (χ2n) is 3.39. The lowest BCUT2D eigenvalue weighted by molar-refractivity contribution is 0.0528.